The van der Waals surface area contributed by atoms with Crippen LogP contribution in [0.4, 0.5) is 28.2 Å². The molecule has 1 fully saturated rings. The first-order chi connectivity index (χ1) is 18.5. The van der Waals surface area contributed by atoms with Gasteiger partial charge in [-0.15, -0.1) is 0 Å². The van der Waals surface area contributed by atoms with Gasteiger partial charge in [0.2, 0.25) is 0 Å². The first-order valence-electron chi connectivity index (χ1n) is 13.2. The van der Waals surface area contributed by atoms with Gasteiger partial charge in [0.25, 0.3) is 0 Å². The molecule has 1 unspecified atom stereocenters. The molecular weight excluding hydrogens is 548 g/mol. The van der Waals surface area contributed by atoms with E-state index in [2.05, 4.69) is 9.88 Å². The van der Waals surface area contributed by atoms with Gasteiger partial charge < -0.3 is 19.3 Å². The van der Waals surface area contributed by atoms with Crippen LogP contribution in [0, 0.1) is 19.7 Å². The zero-order chi connectivity index (χ0) is 29.7. The summed E-state index contributed by atoms with van der Waals surface area (Å²) in [5, 5.41) is 0.459. The minimum Gasteiger partial charge on any atom is -0.444 e. The average Bonchev–Trinajstić information content (AvgIpc) is 2.84. The van der Waals surface area contributed by atoms with E-state index in [0.29, 0.717) is 35.3 Å². The molecule has 2 aliphatic rings. The standard InChI is InChI=1S/C28H36F4N4O3S/c1-14-9-15(2)23(29)21(22(14)28(30,31)32)20-10-19-18(13-38-20)24(34-25(33-19)40-8)35-11-17(4)36(12-16(35)3)26(37)39-27(5,6)7/h9,16-17,20H,10-13H2,1-8H3/t16-,17+,20?/m0/s1. The molecule has 7 nitrogen and oxygen atoms in total. The molecule has 1 aromatic heterocycles. The summed E-state index contributed by atoms with van der Waals surface area (Å²) < 4.78 is 69.0. The Morgan fingerprint density at radius 3 is 2.38 bits per heavy atom. The number of hydrogen-bond donors (Lipinski definition) is 0. The maximum Gasteiger partial charge on any atom is 0.417 e. The van der Waals surface area contributed by atoms with Crippen LogP contribution in [-0.4, -0.2) is 58.0 Å². The average molecular weight is 585 g/mol. The number of piperazine rings is 1. The number of alkyl halides is 3. The van der Waals surface area contributed by atoms with Crippen LogP contribution in [0.3, 0.4) is 0 Å². The van der Waals surface area contributed by atoms with Crippen LogP contribution in [0.5, 0.6) is 0 Å². The topological polar surface area (TPSA) is 67.8 Å². The first-order valence-corrected chi connectivity index (χ1v) is 14.4. The molecule has 4 rings (SSSR count). The van der Waals surface area contributed by atoms with Gasteiger partial charge in [0.15, 0.2) is 5.16 Å². The molecule has 220 valence electrons. The van der Waals surface area contributed by atoms with Crippen LogP contribution in [0.1, 0.15) is 74.2 Å². The minimum atomic E-state index is -4.74. The largest absolute Gasteiger partial charge is 0.444 e. The van der Waals surface area contributed by atoms with Crippen molar-refractivity contribution < 1.29 is 31.8 Å². The number of nitrogens with zero attached hydrogens (tertiary/aromatic N) is 4. The summed E-state index contributed by atoms with van der Waals surface area (Å²) in [7, 11) is 0. The molecule has 40 heavy (non-hydrogen) atoms. The highest BCUT2D eigenvalue weighted by molar-refractivity contribution is 7.98. The molecule has 0 radical (unpaired) electrons. The third-order valence-electron chi connectivity index (χ3n) is 7.21. The Bertz CT molecular complexity index is 1300. The second-order valence-electron chi connectivity index (χ2n) is 11.6. The Hall–Kier alpha value is -2.60. The fraction of sp³-hybridized carbons (Fsp3) is 0.607. The molecule has 1 saturated heterocycles. The van der Waals surface area contributed by atoms with Crippen LogP contribution >= 0.6 is 11.8 Å². The number of carbonyl (C=O) groups is 1. The summed E-state index contributed by atoms with van der Waals surface area (Å²) >= 11 is 1.32. The molecule has 12 heteroatoms. The molecule has 1 aromatic carbocycles. The molecule has 0 aliphatic carbocycles. The van der Waals surface area contributed by atoms with Gasteiger partial charge in [-0.05, 0) is 65.8 Å². The Morgan fingerprint density at radius 2 is 1.77 bits per heavy atom. The Morgan fingerprint density at radius 1 is 1.10 bits per heavy atom. The zero-order valence-corrected chi connectivity index (χ0v) is 24.9. The fourth-order valence-corrected chi connectivity index (χ4v) is 5.79. The maximum atomic E-state index is 15.3. The quantitative estimate of drug-likeness (QED) is 0.228. The van der Waals surface area contributed by atoms with Gasteiger partial charge in [0, 0.05) is 42.7 Å². The summed E-state index contributed by atoms with van der Waals surface area (Å²) in [6.07, 6.45) is -4.48. The Labute approximate surface area is 236 Å². The normalized spacial score (nSPS) is 21.9. The lowest BCUT2D eigenvalue weighted by molar-refractivity contribution is -0.140. The fourth-order valence-electron chi connectivity index (χ4n) is 5.41. The van der Waals surface area contributed by atoms with Crippen molar-refractivity contribution in [2.24, 2.45) is 0 Å². The molecule has 2 aromatic rings. The van der Waals surface area contributed by atoms with Crippen molar-refractivity contribution in [1.29, 1.82) is 0 Å². The van der Waals surface area contributed by atoms with Gasteiger partial charge in [-0.3, -0.25) is 0 Å². The number of halogens is 4. The number of benzene rings is 1. The highest BCUT2D eigenvalue weighted by Crippen LogP contribution is 2.44. The highest BCUT2D eigenvalue weighted by Gasteiger charge is 2.42. The number of anilines is 1. The van der Waals surface area contributed by atoms with E-state index < -0.39 is 34.8 Å². The molecule has 0 N–H and O–H groups in total. The number of amides is 1. The predicted molar refractivity (Wildman–Crippen MR) is 145 cm³/mol. The molecule has 3 atom stereocenters. The number of ether oxygens (including phenoxy) is 2. The van der Waals surface area contributed by atoms with Crippen molar-refractivity contribution in [3.05, 3.63) is 45.4 Å². The monoisotopic (exact) mass is 584 g/mol. The van der Waals surface area contributed by atoms with Crippen molar-refractivity contribution in [3.8, 4) is 0 Å². The second-order valence-corrected chi connectivity index (χ2v) is 12.3. The number of aryl methyl sites for hydroxylation is 2. The van der Waals surface area contributed by atoms with E-state index >= 15 is 4.39 Å². The molecule has 2 aliphatic heterocycles. The number of rotatable bonds is 3. The number of aromatic nitrogens is 2. The molecule has 0 saturated carbocycles. The Balaban J connectivity index is 1.69. The van der Waals surface area contributed by atoms with Crippen LogP contribution in [0.2, 0.25) is 0 Å². The van der Waals surface area contributed by atoms with Gasteiger partial charge in [0.1, 0.15) is 17.2 Å². The second kappa shape index (κ2) is 11.0. The summed E-state index contributed by atoms with van der Waals surface area (Å²) in [4.78, 5) is 26.0. The lowest BCUT2D eigenvalue weighted by Crippen LogP contribution is -2.59. The van der Waals surface area contributed by atoms with E-state index in [1.165, 1.54) is 31.7 Å². The molecule has 3 heterocycles. The third-order valence-corrected chi connectivity index (χ3v) is 7.76. The summed E-state index contributed by atoms with van der Waals surface area (Å²) in [6.45, 7) is 12.9. The van der Waals surface area contributed by atoms with Gasteiger partial charge in [-0.1, -0.05) is 17.8 Å². The van der Waals surface area contributed by atoms with E-state index in [4.69, 9.17) is 14.5 Å². The van der Waals surface area contributed by atoms with Crippen molar-refractivity contribution in [2.45, 2.75) is 96.6 Å². The van der Waals surface area contributed by atoms with E-state index in [9.17, 15) is 18.0 Å². The number of hydrogen-bond acceptors (Lipinski definition) is 7. The van der Waals surface area contributed by atoms with Crippen molar-refractivity contribution >= 4 is 23.7 Å². The highest BCUT2D eigenvalue weighted by atomic mass is 32.2. The predicted octanol–water partition coefficient (Wildman–Crippen LogP) is 6.62. The first kappa shape index (κ1) is 30.4. The van der Waals surface area contributed by atoms with Crippen LogP contribution in [0.25, 0.3) is 0 Å². The van der Waals surface area contributed by atoms with Gasteiger partial charge in [-0.2, -0.15) is 13.2 Å². The molecule has 0 bridgehead atoms. The van der Waals surface area contributed by atoms with Gasteiger partial charge in [0.05, 0.1) is 24.0 Å². The number of carbonyl (C=O) groups excluding carboxylic acids is 1. The van der Waals surface area contributed by atoms with E-state index in [1.807, 2.05) is 40.9 Å². The molecular formula is C28H36F4N4O3S. The smallest absolute Gasteiger partial charge is 0.417 e. The lowest BCUT2D eigenvalue weighted by atomic mass is 9.90. The van der Waals surface area contributed by atoms with E-state index in [0.717, 1.165) is 0 Å². The minimum absolute atomic E-state index is 0.0247. The van der Waals surface area contributed by atoms with Crippen LogP contribution in [-0.2, 0) is 28.7 Å². The van der Waals surface area contributed by atoms with E-state index in [1.54, 1.807) is 4.90 Å². The van der Waals surface area contributed by atoms with Crippen molar-refractivity contribution in [3.63, 3.8) is 0 Å². The van der Waals surface area contributed by atoms with Crippen LogP contribution < -0.4 is 4.90 Å². The van der Waals surface area contributed by atoms with Crippen molar-refractivity contribution in [2.75, 3.05) is 24.2 Å². The number of thioether (sulfide) groups is 1. The summed E-state index contributed by atoms with van der Waals surface area (Å²) in [6, 6.07) is 0.888. The third kappa shape index (κ3) is 6.02. The Kier molecular flexibility index (Phi) is 8.35. The summed E-state index contributed by atoms with van der Waals surface area (Å²) in [5.74, 6) is -0.292. The number of fused-ring (bicyclic) bond motifs is 1. The lowest BCUT2D eigenvalue weighted by Gasteiger charge is -2.45. The van der Waals surface area contributed by atoms with Crippen molar-refractivity contribution in [1.82, 2.24) is 14.9 Å². The zero-order valence-electron chi connectivity index (χ0n) is 24.1. The van der Waals surface area contributed by atoms with E-state index in [-0.39, 0.29) is 42.3 Å². The van der Waals surface area contributed by atoms with Gasteiger partial charge >= 0.3 is 12.3 Å². The summed E-state index contributed by atoms with van der Waals surface area (Å²) in [5.41, 5.74) is -0.809. The SMILES string of the molecule is CSc1nc2c(c(N3C[C@@H](C)N(C(=O)OC(C)(C)C)C[C@@H]3C)n1)COC(c1c(F)c(C)cc(C)c1C(F)(F)F)C2. The molecule has 1 amide bonds. The molecule has 0 spiro atoms. The van der Waals surface area contributed by atoms with Gasteiger partial charge in [-0.25, -0.2) is 19.2 Å². The maximum absolute atomic E-state index is 15.3. The van der Waals surface area contributed by atoms with Crippen LogP contribution in [0.15, 0.2) is 11.2 Å².